The van der Waals surface area contributed by atoms with Crippen LogP contribution in [0.15, 0.2) is 36.4 Å². The molecule has 1 aromatic heterocycles. The van der Waals surface area contributed by atoms with Gasteiger partial charge in [-0.2, -0.15) is 0 Å². The molecular formula is C32H41F3N2O7. The van der Waals surface area contributed by atoms with Crippen molar-refractivity contribution in [3.05, 3.63) is 64.9 Å². The second kappa shape index (κ2) is 15.7. The van der Waals surface area contributed by atoms with Crippen LogP contribution in [0.1, 0.15) is 43.6 Å². The molecule has 4 rings (SSSR count). The van der Waals surface area contributed by atoms with E-state index < -0.39 is 29.3 Å². The van der Waals surface area contributed by atoms with Crippen LogP contribution in [0.5, 0.6) is 5.75 Å². The molecule has 0 unspecified atom stereocenters. The summed E-state index contributed by atoms with van der Waals surface area (Å²) < 4.78 is 72.9. The third-order valence-corrected chi connectivity index (χ3v) is 7.24. The molecule has 0 saturated heterocycles. The highest BCUT2D eigenvalue weighted by molar-refractivity contribution is 5.85. The number of aromatic amines is 1. The minimum Gasteiger partial charge on any atom is -0.491 e. The summed E-state index contributed by atoms with van der Waals surface area (Å²) in [5, 5.41) is 9.47. The highest BCUT2D eigenvalue weighted by Gasteiger charge is 2.41. The summed E-state index contributed by atoms with van der Waals surface area (Å²) in [4.78, 5) is 15.5. The fraction of sp³-hybridized carbons (Fsp3) is 0.531. The van der Waals surface area contributed by atoms with Crippen molar-refractivity contribution < 1.29 is 46.8 Å². The minimum absolute atomic E-state index is 0.00239. The molecule has 0 spiro atoms. The fourth-order valence-corrected chi connectivity index (χ4v) is 5.44. The molecular weight excluding hydrogens is 581 g/mol. The van der Waals surface area contributed by atoms with Gasteiger partial charge in [0.2, 0.25) is 0 Å². The zero-order valence-electron chi connectivity index (χ0n) is 25.4. The molecule has 2 heterocycles. The minimum atomic E-state index is -1.58. The molecule has 0 saturated carbocycles. The van der Waals surface area contributed by atoms with Crippen molar-refractivity contribution in [2.45, 2.75) is 44.9 Å². The van der Waals surface area contributed by atoms with Crippen molar-refractivity contribution in [3.8, 4) is 5.75 Å². The normalized spacial score (nSPS) is 17.2. The number of fused-ring (bicyclic) bond motifs is 3. The van der Waals surface area contributed by atoms with Gasteiger partial charge >= 0.3 is 5.97 Å². The Labute approximate surface area is 255 Å². The predicted molar refractivity (Wildman–Crippen MR) is 158 cm³/mol. The Morgan fingerprint density at radius 1 is 0.955 bits per heavy atom. The lowest BCUT2D eigenvalue weighted by molar-refractivity contribution is -0.142. The first kappa shape index (κ1) is 33.7. The number of hydrogen-bond acceptors (Lipinski definition) is 7. The van der Waals surface area contributed by atoms with Gasteiger partial charge in [-0.3, -0.25) is 4.90 Å². The van der Waals surface area contributed by atoms with Crippen molar-refractivity contribution in [1.82, 2.24) is 9.88 Å². The average molecular weight is 623 g/mol. The van der Waals surface area contributed by atoms with Crippen LogP contribution in [-0.2, 0) is 30.2 Å². The molecule has 44 heavy (non-hydrogen) atoms. The maximum atomic E-state index is 15.7. The Hall–Kier alpha value is -3.16. The van der Waals surface area contributed by atoms with Crippen LogP contribution >= 0.6 is 0 Å². The van der Waals surface area contributed by atoms with Gasteiger partial charge in [0.1, 0.15) is 36.3 Å². The van der Waals surface area contributed by atoms with Gasteiger partial charge in [-0.15, -0.1) is 0 Å². The Kier molecular flexibility index (Phi) is 12.0. The summed E-state index contributed by atoms with van der Waals surface area (Å²) in [5.74, 6) is -2.53. The molecule has 1 aliphatic rings. The second-order valence-corrected chi connectivity index (χ2v) is 11.3. The van der Waals surface area contributed by atoms with E-state index in [0.717, 1.165) is 28.6 Å². The number of aliphatic carboxylic acids is 1. The summed E-state index contributed by atoms with van der Waals surface area (Å²) in [7, 11) is 0. The lowest BCUT2D eigenvalue weighted by atomic mass is 9.87. The zero-order chi connectivity index (χ0) is 31.7. The Bertz CT molecular complexity index is 1350. The molecule has 0 fully saturated rings. The predicted octanol–water partition coefficient (Wildman–Crippen LogP) is 5.06. The standard InChI is InChI=1S/C32H41F3N2O7/c1-21-16-24-23-6-4-5-7-27(23)36-30(24)31(37(21)20-32(2,3)35)29-25(33)17-22(18-26(29)34)44-15-14-42-11-10-40-8-9-41-12-13-43-19-28(38)39/h4-7,17-18,21,31,36H,8-16,19-20H2,1-3H3,(H,38,39)/t21-,31-/m1/s1. The van der Waals surface area contributed by atoms with E-state index >= 15 is 8.78 Å². The highest BCUT2D eigenvalue weighted by atomic mass is 19.1. The van der Waals surface area contributed by atoms with Crippen molar-refractivity contribution in [3.63, 3.8) is 0 Å². The van der Waals surface area contributed by atoms with Crippen molar-refractivity contribution in [2.24, 2.45) is 0 Å². The zero-order valence-corrected chi connectivity index (χ0v) is 25.4. The molecule has 2 aromatic carbocycles. The number of H-pyrrole nitrogens is 1. The molecule has 9 nitrogen and oxygen atoms in total. The van der Waals surface area contributed by atoms with E-state index in [0.29, 0.717) is 38.5 Å². The first-order chi connectivity index (χ1) is 21.0. The van der Waals surface area contributed by atoms with Gasteiger partial charge in [0.15, 0.2) is 0 Å². The van der Waals surface area contributed by atoms with Crippen LogP contribution in [-0.4, -0.2) is 98.7 Å². The molecule has 2 atom stereocenters. The number of nitrogens with zero attached hydrogens (tertiary/aromatic N) is 1. The topological polar surface area (TPSA) is 102 Å². The summed E-state index contributed by atoms with van der Waals surface area (Å²) >= 11 is 0. The number of rotatable bonds is 18. The monoisotopic (exact) mass is 622 g/mol. The summed E-state index contributed by atoms with van der Waals surface area (Å²) in [6.45, 7) is 6.53. The molecule has 2 N–H and O–H groups in total. The van der Waals surface area contributed by atoms with Gasteiger partial charge < -0.3 is 33.8 Å². The first-order valence-electron chi connectivity index (χ1n) is 14.7. The Balaban J connectivity index is 1.30. The van der Waals surface area contributed by atoms with E-state index in [1.165, 1.54) is 13.8 Å². The van der Waals surface area contributed by atoms with Crippen LogP contribution in [0.4, 0.5) is 13.2 Å². The smallest absolute Gasteiger partial charge is 0.329 e. The van der Waals surface area contributed by atoms with Gasteiger partial charge in [0.05, 0.1) is 52.3 Å². The van der Waals surface area contributed by atoms with Gasteiger partial charge in [0.25, 0.3) is 0 Å². The van der Waals surface area contributed by atoms with Crippen molar-refractivity contribution in [2.75, 3.05) is 66.0 Å². The van der Waals surface area contributed by atoms with E-state index in [2.05, 4.69) is 4.98 Å². The average Bonchev–Trinajstić information content (AvgIpc) is 3.31. The first-order valence-corrected chi connectivity index (χ1v) is 14.7. The summed E-state index contributed by atoms with van der Waals surface area (Å²) in [5.41, 5.74) is 0.806. The van der Waals surface area contributed by atoms with E-state index in [-0.39, 0.29) is 56.9 Å². The van der Waals surface area contributed by atoms with Gasteiger partial charge in [-0.25, -0.2) is 18.0 Å². The highest BCUT2D eigenvalue weighted by Crippen LogP contribution is 2.43. The number of alkyl halides is 1. The lowest BCUT2D eigenvalue weighted by Gasteiger charge is -2.43. The molecule has 0 amide bonds. The number of nitrogens with one attached hydrogen (secondary N) is 1. The molecule has 242 valence electrons. The van der Waals surface area contributed by atoms with E-state index in [1.807, 2.05) is 36.1 Å². The summed E-state index contributed by atoms with van der Waals surface area (Å²) in [6.07, 6.45) is 0.626. The third-order valence-electron chi connectivity index (χ3n) is 7.24. The SMILES string of the molecule is C[C@@H]1Cc2c([nH]c3ccccc23)[C@@H](c2c(F)cc(OCCOCCOCCOCCOCC(=O)O)cc2F)N1CC(C)(C)F. The number of carboxylic acid groups (broad SMARTS) is 1. The molecule has 1 aliphatic heterocycles. The van der Waals surface area contributed by atoms with Crippen LogP contribution in [0.2, 0.25) is 0 Å². The quantitative estimate of drug-likeness (QED) is 0.190. The maximum absolute atomic E-state index is 15.7. The van der Waals surface area contributed by atoms with Gasteiger partial charge in [-0.1, -0.05) is 18.2 Å². The van der Waals surface area contributed by atoms with E-state index in [1.54, 1.807) is 0 Å². The fourth-order valence-electron chi connectivity index (χ4n) is 5.44. The number of ether oxygens (including phenoxy) is 5. The van der Waals surface area contributed by atoms with Crippen LogP contribution < -0.4 is 4.74 Å². The van der Waals surface area contributed by atoms with E-state index in [9.17, 15) is 9.18 Å². The third kappa shape index (κ3) is 9.18. The van der Waals surface area contributed by atoms with Crippen LogP contribution in [0.3, 0.4) is 0 Å². The second-order valence-electron chi connectivity index (χ2n) is 11.3. The van der Waals surface area contributed by atoms with Crippen molar-refractivity contribution >= 4 is 16.9 Å². The van der Waals surface area contributed by atoms with E-state index in [4.69, 9.17) is 28.8 Å². The number of hydrogen-bond donors (Lipinski definition) is 2. The van der Waals surface area contributed by atoms with Crippen molar-refractivity contribution in [1.29, 1.82) is 0 Å². The number of carbonyl (C=O) groups is 1. The molecule has 0 radical (unpaired) electrons. The lowest BCUT2D eigenvalue weighted by Crippen LogP contribution is -2.48. The van der Waals surface area contributed by atoms with Crippen LogP contribution in [0, 0.1) is 11.6 Å². The molecule has 3 aromatic rings. The number of aromatic nitrogens is 1. The molecule has 12 heteroatoms. The van der Waals surface area contributed by atoms with Gasteiger partial charge in [-0.05, 0) is 38.8 Å². The Morgan fingerprint density at radius 2 is 1.52 bits per heavy atom. The number of benzene rings is 2. The number of halogens is 3. The van der Waals surface area contributed by atoms with Gasteiger partial charge in [0, 0.05) is 46.9 Å². The Morgan fingerprint density at radius 3 is 2.11 bits per heavy atom. The number of carboxylic acids is 1. The van der Waals surface area contributed by atoms with Crippen LogP contribution in [0.25, 0.3) is 10.9 Å². The maximum Gasteiger partial charge on any atom is 0.329 e. The largest absolute Gasteiger partial charge is 0.491 e. The summed E-state index contributed by atoms with van der Waals surface area (Å²) in [6, 6.07) is 9.07. The number of para-hydroxylation sites is 1. The molecule has 0 bridgehead atoms. The molecule has 0 aliphatic carbocycles.